The lowest BCUT2D eigenvalue weighted by molar-refractivity contribution is -0.150. The van der Waals surface area contributed by atoms with Crippen molar-refractivity contribution in [2.45, 2.75) is 78.4 Å². The monoisotopic (exact) mass is 346 g/mol. The van der Waals surface area contributed by atoms with Gasteiger partial charge in [0.05, 0.1) is 25.7 Å². The zero-order valence-corrected chi connectivity index (χ0v) is 17.4. The number of hydrogen-bond donors (Lipinski definition) is 0. The van der Waals surface area contributed by atoms with Crippen LogP contribution in [0, 0.1) is 5.92 Å². The topological polar surface area (TPSA) is 44.8 Å². The van der Waals surface area contributed by atoms with Gasteiger partial charge in [0.15, 0.2) is 8.32 Å². The maximum Gasteiger partial charge on any atom is 0.308 e. The van der Waals surface area contributed by atoms with Crippen molar-refractivity contribution >= 4 is 14.3 Å². The van der Waals surface area contributed by atoms with Gasteiger partial charge in [0, 0.05) is 0 Å². The van der Waals surface area contributed by atoms with Crippen LogP contribution in [0.15, 0.2) is 0 Å². The summed E-state index contributed by atoms with van der Waals surface area (Å²) in [7, 11) is -1.69. The molecule has 0 aromatic heterocycles. The van der Waals surface area contributed by atoms with E-state index in [4.69, 9.17) is 13.9 Å². The van der Waals surface area contributed by atoms with E-state index in [0.29, 0.717) is 26.4 Å². The molecule has 0 saturated carbocycles. The van der Waals surface area contributed by atoms with Gasteiger partial charge in [-0.25, -0.2) is 0 Å². The molecule has 0 fully saturated rings. The van der Waals surface area contributed by atoms with Gasteiger partial charge in [-0.3, -0.25) is 4.79 Å². The van der Waals surface area contributed by atoms with Crippen LogP contribution in [0.3, 0.4) is 0 Å². The Morgan fingerprint density at radius 1 is 1.04 bits per heavy atom. The van der Waals surface area contributed by atoms with E-state index in [1.807, 2.05) is 6.92 Å². The minimum Gasteiger partial charge on any atom is -0.463 e. The summed E-state index contributed by atoms with van der Waals surface area (Å²) in [6.07, 6.45) is 3.96. The third-order valence-corrected chi connectivity index (χ3v) is 9.24. The van der Waals surface area contributed by atoms with Crippen molar-refractivity contribution in [2.75, 3.05) is 26.4 Å². The fourth-order valence-electron chi connectivity index (χ4n) is 1.93. The van der Waals surface area contributed by atoms with Crippen LogP contribution in [0.25, 0.3) is 0 Å². The number of esters is 1. The van der Waals surface area contributed by atoms with Gasteiger partial charge in [-0.2, -0.15) is 0 Å². The molecule has 0 heterocycles. The minimum atomic E-state index is -1.69. The highest BCUT2D eigenvalue weighted by Crippen LogP contribution is 2.36. The van der Waals surface area contributed by atoms with Crippen LogP contribution >= 0.6 is 0 Å². The highest BCUT2D eigenvalue weighted by atomic mass is 28.4. The minimum absolute atomic E-state index is 0.0388. The summed E-state index contributed by atoms with van der Waals surface area (Å²) in [5.74, 6) is -0.0426. The van der Waals surface area contributed by atoms with Gasteiger partial charge >= 0.3 is 5.97 Å². The van der Waals surface area contributed by atoms with E-state index in [0.717, 1.165) is 25.7 Å². The molecule has 0 bridgehead atoms. The predicted molar refractivity (Wildman–Crippen MR) is 98.2 cm³/mol. The number of unbranched alkanes of at least 4 members (excludes halogenated alkanes) is 1. The Morgan fingerprint density at radius 2 is 1.65 bits per heavy atom. The average Bonchev–Trinajstić information content (AvgIpc) is 2.45. The van der Waals surface area contributed by atoms with Crippen LogP contribution in [-0.4, -0.2) is 40.7 Å². The van der Waals surface area contributed by atoms with Crippen LogP contribution in [0.5, 0.6) is 0 Å². The van der Waals surface area contributed by atoms with Crippen LogP contribution in [0.1, 0.15) is 60.3 Å². The lowest BCUT2D eigenvalue weighted by Gasteiger charge is -2.36. The lowest BCUT2D eigenvalue weighted by atomic mass is 10.00. The zero-order valence-electron chi connectivity index (χ0n) is 16.4. The van der Waals surface area contributed by atoms with E-state index in [1.165, 1.54) is 0 Å². The predicted octanol–water partition coefficient (Wildman–Crippen LogP) is 4.78. The normalized spacial score (nSPS) is 13.9. The Labute approximate surface area is 144 Å². The molecule has 0 saturated heterocycles. The smallest absolute Gasteiger partial charge is 0.308 e. The molecular weight excluding hydrogens is 308 g/mol. The van der Waals surface area contributed by atoms with E-state index in [9.17, 15) is 4.79 Å². The molecule has 0 spiro atoms. The Morgan fingerprint density at radius 3 is 2.17 bits per heavy atom. The van der Waals surface area contributed by atoms with Gasteiger partial charge in [-0.15, -0.1) is 0 Å². The van der Waals surface area contributed by atoms with Crippen molar-refractivity contribution in [2.24, 2.45) is 5.92 Å². The zero-order chi connectivity index (χ0) is 17.9. The number of ether oxygens (including phenoxy) is 2. The molecule has 0 aliphatic carbocycles. The number of carbonyl (C=O) groups is 1. The highest BCUT2D eigenvalue weighted by molar-refractivity contribution is 6.74. The first-order chi connectivity index (χ1) is 10.7. The van der Waals surface area contributed by atoms with E-state index in [-0.39, 0.29) is 16.9 Å². The molecular formula is C18H38O4Si. The van der Waals surface area contributed by atoms with E-state index in [2.05, 4.69) is 40.8 Å². The van der Waals surface area contributed by atoms with Crippen molar-refractivity contribution in [3.8, 4) is 0 Å². The summed E-state index contributed by atoms with van der Waals surface area (Å²) in [6.45, 7) is 17.3. The summed E-state index contributed by atoms with van der Waals surface area (Å²) in [5.41, 5.74) is 0. The highest BCUT2D eigenvalue weighted by Gasteiger charge is 2.36. The van der Waals surface area contributed by atoms with Gasteiger partial charge in [-0.05, 0) is 31.0 Å². The molecule has 138 valence electrons. The maximum absolute atomic E-state index is 11.9. The van der Waals surface area contributed by atoms with Crippen LogP contribution < -0.4 is 0 Å². The Balaban J connectivity index is 3.75. The molecule has 0 N–H and O–H groups in total. The number of carbonyl (C=O) groups excluding carboxylic acids is 1. The quantitative estimate of drug-likeness (QED) is 0.290. The standard InChI is InChI=1S/C18H38O4Si/c1-8-10-11-16(9-2)17(19)21-14-12-20-13-15-22-23(6,7)18(3,4)5/h16H,8-15H2,1-7H3. The van der Waals surface area contributed by atoms with Crippen molar-refractivity contribution < 1.29 is 18.7 Å². The van der Waals surface area contributed by atoms with Gasteiger partial charge in [0.2, 0.25) is 0 Å². The van der Waals surface area contributed by atoms with E-state index in [1.54, 1.807) is 0 Å². The fraction of sp³-hybridized carbons (Fsp3) is 0.944. The summed E-state index contributed by atoms with van der Waals surface area (Å²) < 4.78 is 16.8. The van der Waals surface area contributed by atoms with Crippen LogP contribution in [-0.2, 0) is 18.7 Å². The Hall–Kier alpha value is -0.393. The molecule has 0 aliphatic rings. The van der Waals surface area contributed by atoms with Crippen LogP contribution in [0.2, 0.25) is 18.1 Å². The third-order valence-electron chi connectivity index (χ3n) is 4.70. The molecule has 1 atom stereocenters. The molecule has 0 aliphatic heterocycles. The van der Waals surface area contributed by atoms with Crippen molar-refractivity contribution in [3.63, 3.8) is 0 Å². The summed E-state index contributed by atoms with van der Waals surface area (Å²) in [5, 5.41) is 0.218. The summed E-state index contributed by atoms with van der Waals surface area (Å²) in [4.78, 5) is 11.9. The fourth-order valence-corrected chi connectivity index (χ4v) is 2.96. The summed E-state index contributed by atoms with van der Waals surface area (Å²) >= 11 is 0. The van der Waals surface area contributed by atoms with Gasteiger partial charge in [0.1, 0.15) is 6.61 Å². The largest absolute Gasteiger partial charge is 0.463 e. The molecule has 0 aromatic rings. The maximum atomic E-state index is 11.9. The Kier molecular flexibility index (Phi) is 11.0. The molecule has 0 rings (SSSR count). The van der Waals surface area contributed by atoms with Crippen molar-refractivity contribution in [1.82, 2.24) is 0 Å². The first-order valence-electron chi connectivity index (χ1n) is 9.04. The van der Waals surface area contributed by atoms with Gasteiger partial charge in [0.25, 0.3) is 0 Å². The van der Waals surface area contributed by atoms with Gasteiger partial charge < -0.3 is 13.9 Å². The van der Waals surface area contributed by atoms with Crippen molar-refractivity contribution in [1.29, 1.82) is 0 Å². The third kappa shape index (κ3) is 9.48. The number of rotatable bonds is 12. The Bertz CT molecular complexity index is 323. The van der Waals surface area contributed by atoms with E-state index >= 15 is 0 Å². The summed E-state index contributed by atoms with van der Waals surface area (Å²) in [6, 6.07) is 0. The number of hydrogen-bond acceptors (Lipinski definition) is 4. The van der Waals surface area contributed by atoms with Crippen LogP contribution in [0.4, 0.5) is 0 Å². The molecule has 5 heteroatoms. The molecule has 0 amide bonds. The second kappa shape index (κ2) is 11.2. The SMILES string of the molecule is CCCCC(CC)C(=O)OCCOCCO[Si](C)(C)C(C)(C)C. The lowest BCUT2D eigenvalue weighted by Crippen LogP contribution is -2.41. The van der Waals surface area contributed by atoms with Gasteiger partial charge in [-0.1, -0.05) is 47.5 Å². The second-order valence-electron chi connectivity index (χ2n) is 7.64. The molecule has 23 heavy (non-hydrogen) atoms. The second-order valence-corrected chi connectivity index (χ2v) is 12.4. The molecule has 1 unspecified atom stereocenters. The first kappa shape index (κ1) is 22.6. The average molecular weight is 347 g/mol. The van der Waals surface area contributed by atoms with Crippen molar-refractivity contribution in [3.05, 3.63) is 0 Å². The van der Waals surface area contributed by atoms with E-state index < -0.39 is 8.32 Å². The molecule has 0 aromatic carbocycles. The first-order valence-corrected chi connectivity index (χ1v) is 11.9. The molecule has 4 nitrogen and oxygen atoms in total. The molecule has 0 radical (unpaired) electrons.